The van der Waals surface area contributed by atoms with Gasteiger partial charge in [-0.3, -0.25) is 0 Å². The fraction of sp³-hybridized carbons (Fsp3) is 0.857. The van der Waals surface area contributed by atoms with Gasteiger partial charge in [-0.05, 0) is 25.2 Å². The quantitative estimate of drug-likeness (QED) is 0.530. The van der Waals surface area contributed by atoms with Gasteiger partial charge in [0, 0.05) is 6.42 Å². The Morgan fingerprint density at radius 1 is 1.75 bits per heavy atom. The molecule has 0 aromatic rings. The molecule has 0 aliphatic heterocycles. The standard InChI is InChI=1S/C7H12O/c1-5-3-7(5)4-6(2)8/h5,7H,3-4H2,1-2H3. The Labute approximate surface area is 50.1 Å². The van der Waals surface area contributed by atoms with Crippen molar-refractivity contribution in [1.29, 1.82) is 0 Å². The molecule has 0 heterocycles. The molecule has 2 unspecified atom stereocenters. The minimum atomic E-state index is 0.347. The van der Waals surface area contributed by atoms with Gasteiger partial charge in [-0.15, -0.1) is 0 Å². The van der Waals surface area contributed by atoms with Gasteiger partial charge in [0.2, 0.25) is 0 Å². The van der Waals surface area contributed by atoms with Gasteiger partial charge in [0.05, 0.1) is 0 Å². The molecule has 8 heavy (non-hydrogen) atoms. The van der Waals surface area contributed by atoms with Gasteiger partial charge in [-0.2, -0.15) is 0 Å². The van der Waals surface area contributed by atoms with Crippen LogP contribution < -0.4 is 0 Å². The number of ketones is 1. The van der Waals surface area contributed by atoms with Crippen LogP contribution in [-0.2, 0) is 4.79 Å². The Morgan fingerprint density at radius 2 is 2.25 bits per heavy atom. The SMILES string of the molecule is CC(=O)CC1CC1C. The molecule has 0 N–H and O–H groups in total. The van der Waals surface area contributed by atoms with E-state index >= 15 is 0 Å². The van der Waals surface area contributed by atoms with E-state index in [9.17, 15) is 4.79 Å². The number of hydrogen-bond donors (Lipinski definition) is 0. The van der Waals surface area contributed by atoms with Crippen molar-refractivity contribution in [3.05, 3.63) is 0 Å². The second-order valence-corrected chi connectivity index (χ2v) is 2.88. The van der Waals surface area contributed by atoms with Gasteiger partial charge in [0.25, 0.3) is 0 Å². The van der Waals surface area contributed by atoms with Crippen molar-refractivity contribution >= 4 is 5.78 Å². The molecule has 0 bridgehead atoms. The molecule has 1 aliphatic rings. The summed E-state index contributed by atoms with van der Waals surface area (Å²) >= 11 is 0. The number of Topliss-reactive ketones (excluding diaryl/α,β-unsaturated/α-hetero) is 1. The molecule has 1 saturated carbocycles. The summed E-state index contributed by atoms with van der Waals surface area (Å²) in [6.07, 6.45) is 2.10. The largest absolute Gasteiger partial charge is 0.300 e. The molecule has 1 rings (SSSR count). The molecule has 1 aliphatic carbocycles. The van der Waals surface area contributed by atoms with E-state index in [4.69, 9.17) is 0 Å². The van der Waals surface area contributed by atoms with E-state index in [1.165, 1.54) is 6.42 Å². The van der Waals surface area contributed by atoms with Crippen molar-refractivity contribution in [2.75, 3.05) is 0 Å². The summed E-state index contributed by atoms with van der Waals surface area (Å²) in [7, 11) is 0. The highest BCUT2D eigenvalue weighted by Gasteiger charge is 2.32. The molecule has 46 valence electrons. The first-order chi connectivity index (χ1) is 3.70. The normalized spacial score (nSPS) is 34.8. The van der Waals surface area contributed by atoms with E-state index in [-0.39, 0.29) is 0 Å². The van der Waals surface area contributed by atoms with Crippen molar-refractivity contribution in [3.63, 3.8) is 0 Å². The zero-order valence-corrected chi connectivity index (χ0v) is 5.48. The molecule has 2 atom stereocenters. The van der Waals surface area contributed by atoms with Crippen LogP contribution in [0.2, 0.25) is 0 Å². The summed E-state index contributed by atoms with van der Waals surface area (Å²) in [5.74, 6) is 1.92. The van der Waals surface area contributed by atoms with Crippen LogP contribution in [0.5, 0.6) is 0 Å². The first-order valence-electron chi connectivity index (χ1n) is 3.19. The molecule has 1 fully saturated rings. The van der Waals surface area contributed by atoms with E-state index in [1.807, 2.05) is 0 Å². The third-order valence-corrected chi connectivity index (χ3v) is 1.83. The second kappa shape index (κ2) is 1.88. The summed E-state index contributed by atoms with van der Waals surface area (Å²) in [6.45, 7) is 3.87. The predicted molar refractivity (Wildman–Crippen MR) is 32.6 cm³/mol. The van der Waals surface area contributed by atoms with Crippen molar-refractivity contribution in [1.82, 2.24) is 0 Å². The molecule has 1 nitrogen and oxygen atoms in total. The van der Waals surface area contributed by atoms with E-state index in [0.29, 0.717) is 5.78 Å². The lowest BCUT2D eigenvalue weighted by Crippen LogP contribution is -1.90. The van der Waals surface area contributed by atoms with Crippen LogP contribution in [0.15, 0.2) is 0 Å². The van der Waals surface area contributed by atoms with E-state index in [1.54, 1.807) is 6.92 Å². The lowest BCUT2D eigenvalue weighted by atomic mass is 10.2. The molecule has 1 heteroatoms. The summed E-state index contributed by atoms with van der Waals surface area (Å²) in [6, 6.07) is 0. The topological polar surface area (TPSA) is 17.1 Å². The van der Waals surface area contributed by atoms with Gasteiger partial charge in [0.15, 0.2) is 0 Å². The smallest absolute Gasteiger partial charge is 0.130 e. The number of rotatable bonds is 2. The average Bonchev–Trinajstić information content (AvgIpc) is 2.17. The van der Waals surface area contributed by atoms with Gasteiger partial charge in [0.1, 0.15) is 5.78 Å². The van der Waals surface area contributed by atoms with E-state index in [0.717, 1.165) is 18.3 Å². The maximum Gasteiger partial charge on any atom is 0.130 e. The first-order valence-corrected chi connectivity index (χ1v) is 3.19. The summed E-state index contributed by atoms with van der Waals surface area (Å²) < 4.78 is 0. The minimum absolute atomic E-state index is 0.347. The molecule has 0 spiro atoms. The molecule has 0 radical (unpaired) electrons. The van der Waals surface area contributed by atoms with Crippen LogP contribution in [0.3, 0.4) is 0 Å². The highest BCUT2D eigenvalue weighted by molar-refractivity contribution is 5.76. The van der Waals surface area contributed by atoms with Gasteiger partial charge >= 0.3 is 0 Å². The molecular weight excluding hydrogens is 100 g/mol. The van der Waals surface area contributed by atoms with Gasteiger partial charge in [-0.1, -0.05) is 6.92 Å². The van der Waals surface area contributed by atoms with Crippen molar-refractivity contribution < 1.29 is 4.79 Å². The molecule has 0 aromatic heterocycles. The summed E-state index contributed by atoms with van der Waals surface area (Å²) in [4.78, 5) is 10.4. The Balaban J connectivity index is 2.14. The summed E-state index contributed by atoms with van der Waals surface area (Å²) in [5.41, 5.74) is 0. The zero-order valence-electron chi connectivity index (χ0n) is 5.48. The van der Waals surface area contributed by atoms with Gasteiger partial charge in [-0.25, -0.2) is 0 Å². The van der Waals surface area contributed by atoms with E-state index < -0.39 is 0 Å². The zero-order chi connectivity index (χ0) is 6.15. The third kappa shape index (κ3) is 1.32. The van der Waals surface area contributed by atoms with Gasteiger partial charge < -0.3 is 4.79 Å². The monoisotopic (exact) mass is 112 g/mol. The number of carbonyl (C=O) groups excluding carboxylic acids is 1. The maximum absolute atomic E-state index is 10.4. The predicted octanol–water partition coefficient (Wildman–Crippen LogP) is 1.62. The second-order valence-electron chi connectivity index (χ2n) is 2.88. The molecule has 0 saturated heterocycles. The van der Waals surface area contributed by atoms with Crippen molar-refractivity contribution in [3.8, 4) is 0 Å². The Kier molecular flexibility index (Phi) is 1.37. The van der Waals surface area contributed by atoms with Crippen molar-refractivity contribution in [2.24, 2.45) is 11.8 Å². The molecular formula is C7H12O. The van der Waals surface area contributed by atoms with Crippen LogP contribution in [0, 0.1) is 11.8 Å². The fourth-order valence-electron chi connectivity index (χ4n) is 1.05. The average molecular weight is 112 g/mol. The van der Waals surface area contributed by atoms with E-state index in [2.05, 4.69) is 6.92 Å². The highest BCUT2D eigenvalue weighted by Crippen LogP contribution is 2.40. The Bertz CT molecular complexity index is 107. The Hall–Kier alpha value is -0.330. The van der Waals surface area contributed by atoms with Crippen LogP contribution in [0.4, 0.5) is 0 Å². The molecule has 0 amide bonds. The number of hydrogen-bond acceptors (Lipinski definition) is 1. The fourth-order valence-corrected chi connectivity index (χ4v) is 1.05. The summed E-state index contributed by atoms with van der Waals surface area (Å²) in [5, 5.41) is 0. The highest BCUT2D eigenvalue weighted by atomic mass is 16.1. The van der Waals surface area contributed by atoms with Crippen molar-refractivity contribution in [2.45, 2.75) is 26.7 Å². The lowest BCUT2D eigenvalue weighted by Gasteiger charge is -1.86. The lowest BCUT2D eigenvalue weighted by molar-refractivity contribution is -0.117. The van der Waals surface area contributed by atoms with Crippen LogP contribution in [0.1, 0.15) is 26.7 Å². The van der Waals surface area contributed by atoms with Crippen LogP contribution >= 0.6 is 0 Å². The Morgan fingerprint density at radius 3 is 2.38 bits per heavy atom. The van der Waals surface area contributed by atoms with Crippen LogP contribution in [-0.4, -0.2) is 5.78 Å². The molecule has 0 aromatic carbocycles. The first kappa shape index (κ1) is 5.80. The number of carbonyl (C=O) groups is 1. The van der Waals surface area contributed by atoms with Crippen LogP contribution in [0.25, 0.3) is 0 Å². The minimum Gasteiger partial charge on any atom is -0.300 e. The maximum atomic E-state index is 10.4. The third-order valence-electron chi connectivity index (χ3n) is 1.83.